The van der Waals surface area contributed by atoms with E-state index in [2.05, 4.69) is 10.6 Å². The van der Waals surface area contributed by atoms with Crippen molar-refractivity contribution in [1.82, 2.24) is 10.6 Å². The van der Waals surface area contributed by atoms with Crippen LogP contribution in [-0.2, 0) is 9.53 Å². The number of urea groups is 1. The summed E-state index contributed by atoms with van der Waals surface area (Å²) in [6, 6.07) is -0.525. The average Bonchev–Trinajstić information content (AvgIpc) is 2.64. The molecule has 3 amide bonds. The van der Waals surface area contributed by atoms with Crippen molar-refractivity contribution in [2.24, 2.45) is 5.73 Å². The minimum atomic E-state index is -0.682. The number of imide groups is 1. The smallest absolute Gasteiger partial charge is 0.321 e. The summed E-state index contributed by atoms with van der Waals surface area (Å²) >= 11 is 0. The fraction of sp³-hybridized carbons (Fsp3) is 0.846. The Labute approximate surface area is 114 Å². The molecule has 0 aromatic rings. The topological polar surface area (TPSA) is 93.5 Å². The van der Waals surface area contributed by atoms with Crippen LogP contribution in [0.25, 0.3) is 0 Å². The SMILES string of the molecule is CNC(=O)NC(=O)C(C)OC1(CN)CCCCCC1. The normalized spacial score (nSPS) is 20.2. The minimum Gasteiger partial charge on any atom is -0.361 e. The Morgan fingerprint density at radius 3 is 2.32 bits per heavy atom. The highest BCUT2D eigenvalue weighted by atomic mass is 16.5. The molecule has 6 nitrogen and oxygen atoms in total. The highest BCUT2D eigenvalue weighted by Gasteiger charge is 2.34. The Kier molecular flexibility index (Phi) is 6.24. The Hall–Kier alpha value is -1.14. The number of hydrogen-bond acceptors (Lipinski definition) is 4. The Bertz CT molecular complexity index is 312. The summed E-state index contributed by atoms with van der Waals surface area (Å²) in [4.78, 5) is 22.9. The predicted molar refractivity (Wildman–Crippen MR) is 72.6 cm³/mol. The van der Waals surface area contributed by atoms with Gasteiger partial charge in [0.2, 0.25) is 0 Å². The van der Waals surface area contributed by atoms with Crippen LogP contribution in [0.5, 0.6) is 0 Å². The van der Waals surface area contributed by atoms with Crippen LogP contribution in [0.4, 0.5) is 4.79 Å². The van der Waals surface area contributed by atoms with Crippen LogP contribution in [0.2, 0.25) is 0 Å². The maximum Gasteiger partial charge on any atom is 0.321 e. The van der Waals surface area contributed by atoms with Crippen molar-refractivity contribution < 1.29 is 14.3 Å². The van der Waals surface area contributed by atoms with Crippen LogP contribution in [0.3, 0.4) is 0 Å². The van der Waals surface area contributed by atoms with Crippen molar-refractivity contribution in [3.05, 3.63) is 0 Å². The van der Waals surface area contributed by atoms with Crippen LogP contribution in [0, 0.1) is 0 Å². The van der Waals surface area contributed by atoms with Crippen molar-refractivity contribution in [2.75, 3.05) is 13.6 Å². The van der Waals surface area contributed by atoms with Gasteiger partial charge >= 0.3 is 6.03 Å². The monoisotopic (exact) mass is 271 g/mol. The Morgan fingerprint density at radius 2 is 1.84 bits per heavy atom. The number of amides is 3. The first-order valence-electron chi connectivity index (χ1n) is 6.93. The van der Waals surface area contributed by atoms with Crippen LogP contribution < -0.4 is 16.4 Å². The van der Waals surface area contributed by atoms with E-state index in [-0.39, 0.29) is 0 Å². The summed E-state index contributed by atoms with van der Waals surface area (Å²) in [5.74, 6) is -0.434. The number of carbonyl (C=O) groups is 2. The molecule has 1 aliphatic rings. The van der Waals surface area contributed by atoms with Crippen LogP contribution >= 0.6 is 0 Å². The second-order valence-electron chi connectivity index (χ2n) is 5.13. The summed E-state index contributed by atoms with van der Waals surface area (Å²) in [7, 11) is 1.46. The second-order valence-corrected chi connectivity index (χ2v) is 5.13. The number of nitrogens with one attached hydrogen (secondary N) is 2. The van der Waals surface area contributed by atoms with E-state index in [4.69, 9.17) is 10.5 Å². The van der Waals surface area contributed by atoms with Gasteiger partial charge in [0.05, 0.1) is 5.60 Å². The molecule has 0 spiro atoms. The third kappa shape index (κ3) is 4.80. The number of nitrogens with two attached hydrogens (primary N) is 1. The lowest BCUT2D eigenvalue weighted by Gasteiger charge is -2.34. The van der Waals surface area contributed by atoms with E-state index >= 15 is 0 Å². The van der Waals surface area contributed by atoms with Crippen molar-refractivity contribution in [1.29, 1.82) is 0 Å². The molecule has 0 radical (unpaired) electrons. The van der Waals surface area contributed by atoms with Crippen molar-refractivity contribution in [3.8, 4) is 0 Å². The summed E-state index contributed by atoms with van der Waals surface area (Å²) in [5.41, 5.74) is 5.43. The van der Waals surface area contributed by atoms with Crippen molar-refractivity contribution in [2.45, 2.75) is 57.2 Å². The molecule has 1 aliphatic carbocycles. The van der Waals surface area contributed by atoms with Gasteiger partial charge in [-0.1, -0.05) is 25.7 Å². The molecule has 0 saturated heterocycles. The molecule has 1 unspecified atom stereocenters. The number of ether oxygens (including phenoxy) is 1. The predicted octanol–water partition coefficient (Wildman–Crippen LogP) is 0.899. The lowest BCUT2D eigenvalue weighted by atomic mass is 9.94. The van der Waals surface area contributed by atoms with Gasteiger partial charge in [-0.2, -0.15) is 0 Å². The van der Waals surface area contributed by atoms with Crippen molar-refractivity contribution >= 4 is 11.9 Å². The quantitative estimate of drug-likeness (QED) is 0.662. The first kappa shape index (κ1) is 15.9. The van der Waals surface area contributed by atoms with E-state index in [9.17, 15) is 9.59 Å². The number of carbonyl (C=O) groups excluding carboxylic acids is 2. The molecule has 6 heteroatoms. The molecule has 0 aromatic heterocycles. The molecule has 0 aliphatic heterocycles. The van der Waals surface area contributed by atoms with E-state index < -0.39 is 23.6 Å². The van der Waals surface area contributed by atoms with Gasteiger partial charge in [0.1, 0.15) is 6.10 Å². The molecule has 4 N–H and O–H groups in total. The van der Waals surface area contributed by atoms with E-state index in [0.29, 0.717) is 6.54 Å². The largest absolute Gasteiger partial charge is 0.361 e. The average molecular weight is 271 g/mol. The maximum atomic E-state index is 11.8. The molecule has 1 rings (SSSR count). The van der Waals surface area contributed by atoms with Gasteiger partial charge in [0, 0.05) is 13.6 Å². The van der Waals surface area contributed by atoms with Gasteiger partial charge in [0.15, 0.2) is 0 Å². The highest BCUT2D eigenvalue weighted by Crippen LogP contribution is 2.30. The maximum absolute atomic E-state index is 11.8. The lowest BCUT2D eigenvalue weighted by Crippen LogP contribution is -2.49. The summed E-state index contributed by atoms with van der Waals surface area (Å²) < 4.78 is 5.90. The third-order valence-corrected chi connectivity index (χ3v) is 3.65. The molecule has 0 heterocycles. The van der Waals surface area contributed by atoms with Crippen LogP contribution in [-0.4, -0.2) is 37.2 Å². The van der Waals surface area contributed by atoms with Crippen LogP contribution in [0.15, 0.2) is 0 Å². The molecule has 1 fully saturated rings. The zero-order valence-corrected chi connectivity index (χ0v) is 11.8. The van der Waals surface area contributed by atoms with Gasteiger partial charge in [0.25, 0.3) is 5.91 Å². The molecule has 110 valence electrons. The molecule has 0 bridgehead atoms. The first-order chi connectivity index (χ1) is 9.03. The molecule has 1 saturated carbocycles. The van der Waals surface area contributed by atoms with Gasteiger partial charge in [-0.15, -0.1) is 0 Å². The van der Waals surface area contributed by atoms with E-state index in [0.717, 1.165) is 25.7 Å². The van der Waals surface area contributed by atoms with Gasteiger partial charge < -0.3 is 15.8 Å². The summed E-state index contributed by atoms with van der Waals surface area (Å²) in [5, 5.41) is 4.56. The number of hydrogen-bond donors (Lipinski definition) is 3. The molecular formula is C13H25N3O3. The second kappa shape index (κ2) is 7.45. The van der Waals surface area contributed by atoms with Gasteiger partial charge in [-0.25, -0.2) is 4.79 Å². The van der Waals surface area contributed by atoms with Gasteiger partial charge in [-0.05, 0) is 19.8 Å². The third-order valence-electron chi connectivity index (χ3n) is 3.65. The molecule has 19 heavy (non-hydrogen) atoms. The zero-order chi connectivity index (χ0) is 14.3. The van der Waals surface area contributed by atoms with E-state index in [1.165, 1.54) is 19.9 Å². The van der Waals surface area contributed by atoms with Crippen molar-refractivity contribution in [3.63, 3.8) is 0 Å². The standard InChI is InChI=1S/C13H25N3O3/c1-10(11(17)16-12(18)15-2)19-13(9-14)7-5-3-4-6-8-13/h10H,3-9,14H2,1-2H3,(H2,15,16,17,18). The Morgan fingerprint density at radius 1 is 1.26 bits per heavy atom. The highest BCUT2D eigenvalue weighted by molar-refractivity contribution is 5.96. The summed E-state index contributed by atoms with van der Waals surface area (Å²) in [6.07, 6.45) is 5.58. The molecule has 0 aromatic carbocycles. The first-order valence-corrected chi connectivity index (χ1v) is 6.93. The minimum absolute atomic E-state index is 0.407. The Balaban J connectivity index is 2.58. The fourth-order valence-corrected chi connectivity index (χ4v) is 2.45. The molecular weight excluding hydrogens is 246 g/mol. The number of rotatable bonds is 4. The van der Waals surface area contributed by atoms with E-state index in [1.54, 1.807) is 6.92 Å². The lowest BCUT2D eigenvalue weighted by molar-refractivity contribution is -0.145. The zero-order valence-electron chi connectivity index (χ0n) is 11.8. The molecule has 1 atom stereocenters. The van der Waals surface area contributed by atoms with Crippen LogP contribution in [0.1, 0.15) is 45.4 Å². The fourth-order valence-electron chi connectivity index (χ4n) is 2.45. The van der Waals surface area contributed by atoms with Gasteiger partial charge in [-0.3, -0.25) is 10.1 Å². The van der Waals surface area contributed by atoms with E-state index in [1.807, 2.05) is 0 Å². The summed E-state index contributed by atoms with van der Waals surface area (Å²) in [6.45, 7) is 2.06.